The molecule has 1 atom stereocenters. The number of fused-ring (bicyclic) bond motifs is 2. The third-order valence-corrected chi connectivity index (χ3v) is 5.52. The predicted octanol–water partition coefficient (Wildman–Crippen LogP) is 3.28. The van der Waals surface area contributed by atoms with Crippen molar-refractivity contribution in [3.8, 4) is 0 Å². The molecule has 2 aromatic heterocycles. The van der Waals surface area contributed by atoms with Crippen molar-refractivity contribution in [2.75, 3.05) is 12.3 Å². The number of amides is 1. The van der Waals surface area contributed by atoms with E-state index < -0.39 is 0 Å². The molecule has 2 aromatic carbocycles. The topological polar surface area (TPSA) is 95.1 Å². The van der Waals surface area contributed by atoms with Gasteiger partial charge in [-0.15, -0.1) is 0 Å². The van der Waals surface area contributed by atoms with Crippen molar-refractivity contribution in [3.63, 3.8) is 0 Å². The number of aromatic nitrogens is 3. The molecule has 1 aliphatic heterocycles. The van der Waals surface area contributed by atoms with E-state index in [1.165, 1.54) is 0 Å². The van der Waals surface area contributed by atoms with E-state index in [9.17, 15) is 4.79 Å². The van der Waals surface area contributed by atoms with Crippen LogP contribution in [0.5, 0.6) is 0 Å². The Morgan fingerprint density at radius 2 is 1.83 bits per heavy atom. The highest BCUT2D eigenvalue weighted by atomic mass is 16.5. The fourth-order valence-electron chi connectivity index (χ4n) is 3.98. The maximum Gasteiger partial charge on any atom is 0.257 e. The van der Waals surface area contributed by atoms with Gasteiger partial charge in [0.25, 0.3) is 5.91 Å². The molecule has 5 rings (SSSR count). The third kappa shape index (κ3) is 3.37. The summed E-state index contributed by atoms with van der Waals surface area (Å²) in [6.45, 7) is 1.72. The van der Waals surface area contributed by atoms with Gasteiger partial charge in [0, 0.05) is 13.2 Å². The van der Waals surface area contributed by atoms with Crippen molar-refractivity contribution in [2.24, 2.45) is 0 Å². The van der Waals surface area contributed by atoms with Gasteiger partial charge in [-0.2, -0.15) is 0 Å². The van der Waals surface area contributed by atoms with Gasteiger partial charge in [0.15, 0.2) is 5.65 Å². The molecule has 0 saturated carbocycles. The summed E-state index contributed by atoms with van der Waals surface area (Å²) in [4.78, 5) is 22.7. The van der Waals surface area contributed by atoms with Crippen LogP contribution in [0.2, 0.25) is 0 Å². The Bertz CT molecular complexity index is 1210. The van der Waals surface area contributed by atoms with Crippen LogP contribution in [-0.2, 0) is 17.8 Å². The van der Waals surface area contributed by atoms with E-state index in [0.717, 1.165) is 36.0 Å². The number of para-hydroxylation sites is 2. The summed E-state index contributed by atoms with van der Waals surface area (Å²) < 4.78 is 7.68. The lowest BCUT2D eigenvalue weighted by Crippen LogP contribution is -2.24. The molecule has 1 fully saturated rings. The Morgan fingerprint density at radius 1 is 1.10 bits per heavy atom. The van der Waals surface area contributed by atoms with Gasteiger partial charge in [0.05, 0.1) is 23.7 Å². The number of nitrogens with one attached hydrogen (secondary N) is 1. The summed E-state index contributed by atoms with van der Waals surface area (Å²) in [5, 5.41) is 2.97. The first-order chi connectivity index (χ1) is 14.7. The first-order valence-electron chi connectivity index (χ1n) is 10.2. The second-order valence-electron chi connectivity index (χ2n) is 7.56. The van der Waals surface area contributed by atoms with Gasteiger partial charge in [-0.3, -0.25) is 4.79 Å². The second kappa shape index (κ2) is 7.76. The Balaban J connectivity index is 1.57. The SMILES string of the molecule is Nc1c(C(=O)NCc2ccccc2)c2nc3ccccc3nc2n1CC1CCCO1. The van der Waals surface area contributed by atoms with Crippen LogP contribution in [0.1, 0.15) is 28.8 Å². The van der Waals surface area contributed by atoms with E-state index in [0.29, 0.717) is 35.6 Å². The average molecular weight is 401 g/mol. The zero-order valence-corrected chi connectivity index (χ0v) is 16.5. The van der Waals surface area contributed by atoms with Crippen LogP contribution in [0.25, 0.3) is 22.2 Å². The number of carbonyl (C=O) groups excluding carboxylic acids is 1. The van der Waals surface area contributed by atoms with Crippen molar-refractivity contribution < 1.29 is 9.53 Å². The van der Waals surface area contributed by atoms with Gasteiger partial charge in [0.2, 0.25) is 0 Å². The maximum atomic E-state index is 13.1. The number of nitrogens with zero attached hydrogens (tertiary/aromatic N) is 3. The standard InChI is InChI=1S/C23H23N5O2/c24-21-19(23(29)25-13-15-7-2-1-3-8-15)20-22(28(21)14-16-9-6-12-30-16)27-18-11-5-4-10-17(18)26-20/h1-5,7-8,10-11,16H,6,9,12-14,24H2,(H,25,29). The van der Waals surface area contributed by atoms with E-state index in [2.05, 4.69) is 5.32 Å². The minimum Gasteiger partial charge on any atom is -0.384 e. The molecule has 1 amide bonds. The van der Waals surface area contributed by atoms with Crippen molar-refractivity contribution in [3.05, 3.63) is 65.7 Å². The van der Waals surface area contributed by atoms with Gasteiger partial charge in [-0.1, -0.05) is 42.5 Å². The van der Waals surface area contributed by atoms with Crippen LogP contribution in [0.15, 0.2) is 54.6 Å². The van der Waals surface area contributed by atoms with Crippen LogP contribution >= 0.6 is 0 Å². The van der Waals surface area contributed by atoms with Crippen molar-refractivity contribution >= 4 is 33.9 Å². The van der Waals surface area contributed by atoms with E-state index in [-0.39, 0.29) is 12.0 Å². The number of benzene rings is 2. The molecule has 7 heteroatoms. The number of nitrogen functional groups attached to an aromatic ring is 1. The molecule has 3 heterocycles. The second-order valence-corrected chi connectivity index (χ2v) is 7.56. The molecule has 1 saturated heterocycles. The number of anilines is 1. The molecule has 0 radical (unpaired) electrons. The van der Waals surface area contributed by atoms with Crippen LogP contribution < -0.4 is 11.1 Å². The monoisotopic (exact) mass is 401 g/mol. The summed E-state index contributed by atoms with van der Waals surface area (Å²) in [6.07, 6.45) is 2.06. The third-order valence-electron chi connectivity index (χ3n) is 5.52. The first kappa shape index (κ1) is 18.6. The van der Waals surface area contributed by atoms with Crippen LogP contribution in [0.3, 0.4) is 0 Å². The highest BCUT2D eigenvalue weighted by molar-refractivity contribution is 6.10. The minimum atomic E-state index is -0.253. The molecule has 30 heavy (non-hydrogen) atoms. The van der Waals surface area contributed by atoms with Crippen LogP contribution in [0, 0.1) is 0 Å². The van der Waals surface area contributed by atoms with Gasteiger partial charge in [-0.25, -0.2) is 9.97 Å². The molecule has 3 N–H and O–H groups in total. The highest BCUT2D eigenvalue weighted by Crippen LogP contribution is 2.29. The van der Waals surface area contributed by atoms with Gasteiger partial charge < -0.3 is 20.4 Å². The van der Waals surface area contributed by atoms with E-state index >= 15 is 0 Å². The summed E-state index contributed by atoms with van der Waals surface area (Å²) in [5.41, 5.74) is 10.5. The molecule has 0 spiro atoms. The van der Waals surface area contributed by atoms with Crippen LogP contribution in [0.4, 0.5) is 5.82 Å². The Morgan fingerprint density at radius 3 is 2.57 bits per heavy atom. The Hall–Kier alpha value is -3.45. The van der Waals surface area contributed by atoms with Gasteiger partial charge >= 0.3 is 0 Å². The zero-order valence-electron chi connectivity index (χ0n) is 16.5. The molecule has 152 valence electrons. The van der Waals surface area contributed by atoms with Crippen molar-refractivity contribution in [1.82, 2.24) is 19.9 Å². The number of hydrogen-bond acceptors (Lipinski definition) is 5. The molecule has 7 nitrogen and oxygen atoms in total. The molecule has 4 aromatic rings. The number of nitrogens with two attached hydrogens (primary N) is 1. The summed E-state index contributed by atoms with van der Waals surface area (Å²) in [7, 11) is 0. The molecule has 0 aliphatic carbocycles. The van der Waals surface area contributed by atoms with Gasteiger partial charge in [0.1, 0.15) is 16.9 Å². The molecular formula is C23H23N5O2. The van der Waals surface area contributed by atoms with Gasteiger partial charge in [-0.05, 0) is 30.5 Å². The summed E-state index contributed by atoms with van der Waals surface area (Å²) in [5.74, 6) is 0.124. The molecule has 1 aliphatic rings. The van der Waals surface area contributed by atoms with Crippen LogP contribution in [-0.4, -0.2) is 33.2 Å². The molecular weight excluding hydrogens is 378 g/mol. The summed E-state index contributed by atoms with van der Waals surface area (Å²) >= 11 is 0. The van der Waals surface area contributed by atoms with E-state index in [1.54, 1.807) is 0 Å². The number of hydrogen-bond donors (Lipinski definition) is 2. The first-order valence-corrected chi connectivity index (χ1v) is 10.2. The molecule has 0 bridgehead atoms. The zero-order chi connectivity index (χ0) is 20.5. The fraction of sp³-hybridized carbons (Fsp3) is 0.261. The maximum absolute atomic E-state index is 13.1. The number of carbonyl (C=O) groups is 1. The van der Waals surface area contributed by atoms with Crippen molar-refractivity contribution in [2.45, 2.75) is 32.0 Å². The lowest BCUT2D eigenvalue weighted by atomic mass is 10.2. The fourth-order valence-corrected chi connectivity index (χ4v) is 3.98. The lowest BCUT2D eigenvalue weighted by molar-refractivity contribution is 0.0947. The normalized spacial score (nSPS) is 16.3. The highest BCUT2D eigenvalue weighted by Gasteiger charge is 2.26. The largest absolute Gasteiger partial charge is 0.384 e. The number of ether oxygens (including phenoxy) is 1. The minimum absolute atomic E-state index is 0.0661. The van der Waals surface area contributed by atoms with E-state index in [1.807, 2.05) is 59.2 Å². The quantitative estimate of drug-likeness (QED) is 0.535. The lowest BCUT2D eigenvalue weighted by Gasteiger charge is -2.13. The predicted molar refractivity (Wildman–Crippen MR) is 116 cm³/mol. The average Bonchev–Trinajstić information content (AvgIpc) is 3.38. The Kier molecular flexibility index (Phi) is 4.80. The molecule has 1 unspecified atom stereocenters. The smallest absolute Gasteiger partial charge is 0.257 e. The van der Waals surface area contributed by atoms with E-state index in [4.69, 9.17) is 20.4 Å². The summed E-state index contributed by atoms with van der Waals surface area (Å²) in [6, 6.07) is 17.4. The number of rotatable bonds is 5. The van der Waals surface area contributed by atoms with Crippen molar-refractivity contribution in [1.29, 1.82) is 0 Å². The Labute approximate surface area is 173 Å².